The first-order valence-electron chi connectivity index (χ1n) is 8.67. The number of benzene rings is 2. The maximum Gasteiger partial charge on any atom is 0.294 e. The van der Waals surface area contributed by atoms with E-state index in [1.165, 1.54) is 12.1 Å². The van der Waals surface area contributed by atoms with E-state index in [1.807, 2.05) is 38.1 Å². The molecule has 2 atom stereocenters. The van der Waals surface area contributed by atoms with Gasteiger partial charge in [0.1, 0.15) is 5.75 Å². The normalized spacial score (nSPS) is 15.4. The highest BCUT2D eigenvalue weighted by Gasteiger charge is 2.21. The first-order valence-corrected chi connectivity index (χ1v) is 10.9. The minimum Gasteiger partial charge on any atom is -0.420 e. The molecule has 0 aromatic heterocycles. The Kier molecular flexibility index (Phi) is 6.95. The number of nitrogens with two attached hydrogens (primary N) is 2. The van der Waals surface area contributed by atoms with Crippen molar-refractivity contribution in [3.8, 4) is 5.75 Å². The molecule has 8 heteroatoms. The smallest absolute Gasteiger partial charge is 0.294 e. The molecule has 0 aliphatic rings. The largest absolute Gasteiger partial charge is 0.420 e. The quantitative estimate of drug-likeness (QED) is 0.460. The SMILES string of the molecule is Cc1ccc(SOc2cc(S(=O)(=O)O)cc(C)c2/C=C\C(C)(N)C(C)N)cc1. The Balaban J connectivity index is 2.44. The Morgan fingerprint density at radius 3 is 2.36 bits per heavy atom. The minimum absolute atomic E-state index is 0.232. The van der Waals surface area contributed by atoms with Gasteiger partial charge in [-0.2, -0.15) is 8.42 Å². The predicted octanol–water partition coefficient (Wildman–Crippen LogP) is 3.71. The zero-order valence-corrected chi connectivity index (χ0v) is 18.0. The molecule has 0 spiro atoms. The van der Waals surface area contributed by atoms with Crippen molar-refractivity contribution in [3.63, 3.8) is 0 Å². The minimum atomic E-state index is -4.37. The van der Waals surface area contributed by atoms with Crippen LogP contribution in [0.3, 0.4) is 0 Å². The monoisotopic (exact) mass is 422 g/mol. The van der Waals surface area contributed by atoms with Crippen LogP contribution in [0.25, 0.3) is 6.08 Å². The van der Waals surface area contributed by atoms with Crippen molar-refractivity contribution in [2.24, 2.45) is 11.5 Å². The number of rotatable bonds is 7. The molecule has 0 fully saturated rings. The lowest BCUT2D eigenvalue weighted by Crippen LogP contribution is -2.49. The highest BCUT2D eigenvalue weighted by Crippen LogP contribution is 2.33. The van der Waals surface area contributed by atoms with Crippen LogP contribution in [0, 0.1) is 13.8 Å². The zero-order valence-electron chi connectivity index (χ0n) is 16.3. The van der Waals surface area contributed by atoms with E-state index >= 15 is 0 Å². The second kappa shape index (κ2) is 8.67. The van der Waals surface area contributed by atoms with Crippen molar-refractivity contribution < 1.29 is 17.2 Å². The Morgan fingerprint density at radius 1 is 1.21 bits per heavy atom. The van der Waals surface area contributed by atoms with Crippen molar-refractivity contribution in [1.29, 1.82) is 0 Å². The summed E-state index contributed by atoms with van der Waals surface area (Å²) in [5.74, 6) is 0.301. The zero-order chi connectivity index (χ0) is 21.1. The number of hydrogen-bond donors (Lipinski definition) is 3. The summed E-state index contributed by atoms with van der Waals surface area (Å²) in [7, 11) is -4.37. The molecule has 0 heterocycles. The van der Waals surface area contributed by atoms with E-state index in [0.717, 1.165) is 22.5 Å². The molecule has 6 nitrogen and oxygen atoms in total. The van der Waals surface area contributed by atoms with Gasteiger partial charge in [-0.25, -0.2) is 0 Å². The van der Waals surface area contributed by atoms with Gasteiger partial charge in [-0.05, 0) is 51.5 Å². The Bertz CT molecular complexity index is 966. The summed E-state index contributed by atoms with van der Waals surface area (Å²) < 4.78 is 38.5. The van der Waals surface area contributed by atoms with Crippen LogP contribution >= 0.6 is 12.0 Å². The van der Waals surface area contributed by atoms with Gasteiger partial charge in [0.15, 0.2) is 0 Å². The standard InChI is InChI=1S/C20H26N2O4S2/c1-13-5-7-16(8-6-13)27-26-19-12-17(28(23,24)25)11-14(2)18(19)9-10-20(4,22)15(3)21/h5-12,15H,21-22H2,1-4H3,(H,23,24,25)/b10-9-. The molecule has 2 rings (SSSR count). The molecule has 0 bridgehead atoms. The van der Waals surface area contributed by atoms with Crippen molar-refractivity contribution in [2.75, 3.05) is 0 Å². The average Bonchev–Trinajstić information content (AvgIpc) is 2.59. The van der Waals surface area contributed by atoms with E-state index < -0.39 is 15.7 Å². The third-order valence-corrected chi connectivity index (χ3v) is 6.02. The van der Waals surface area contributed by atoms with Gasteiger partial charge in [0.25, 0.3) is 10.1 Å². The van der Waals surface area contributed by atoms with Crippen LogP contribution < -0.4 is 15.7 Å². The summed E-state index contributed by atoms with van der Waals surface area (Å²) in [5.41, 5.74) is 13.7. The van der Waals surface area contributed by atoms with E-state index in [4.69, 9.17) is 15.7 Å². The van der Waals surface area contributed by atoms with Crippen molar-refractivity contribution in [1.82, 2.24) is 0 Å². The summed E-state index contributed by atoms with van der Waals surface area (Å²) in [6.07, 6.45) is 3.52. The summed E-state index contributed by atoms with van der Waals surface area (Å²) >= 11 is 1.10. The van der Waals surface area contributed by atoms with Gasteiger partial charge in [0.2, 0.25) is 0 Å². The highest BCUT2D eigenvalue weighted by atomic mass is 32.2. The molecule has 28 heavy (non-hydrogen) atoms. The summed E-state index contributed by atoms with van der Waals surface area (Å²) in [6.45, 7) is 7.33. The number of hydrogen-bond acceptors (Lipinski definition) is 6. The van der Waals surface area contributed by atoms with Crippen LogP contribution in [0.4, 0.5) is 0 Å². The van der Waals surface area contributed by atoms with Gasteiger partial charge in [-0.3, -0.25) is 4.55 Å². The van der Waals surface area contributed by atoms with Gasteiger partial charge in [0.05, 0.1) is 16.9 Å². The van der Waals surface area contributed by atoms with Gasteiger partial charge >= 0.3 is 0 Å². The van der Waals surface area contributed by atoms with Crippen molar-refractivity contribution >= 4 is 28.2 Å². The van der Waals surface area contributed by atoms with Crippen LogP contribution in [-0.4, -0.2) is 24.6 Å². The summed E-state index contributed by atoms with van der Waals surface area (Å²) in [6, 6.07) is 10.1. The maximum absolute atomic E-state index is 11.6. The topological polar surface area (TPSA) is 116 Å². The first-order chi connectivity index (χ1) is 12.9. The van der Waals surface area contributed by atoms with Gasteiger partial charge in [-0.1, -0.05) is 29.8 Å². The molecule has 5 N–H and O–H groups in total. The fourth-order valence-corrected chi connectivity index (χ4v) is 3.42. The molecular weight excluding hydrogens is 396 g/mol. The molecule has 0 radical (unpaired) electrons. The molecule has 152 valence electrons. The molecular formula is C20H26N2O4S2. The van der Waals surface area contributed by atoms with Crippen molar-refractivity contribution in [3.05, 3.63) is 59.2 Å². The highest BCUT2D eigenvalue weighted by molar-refractivity contribution is 7.95. The second-order valence-electron chi connectivity index (χ2n) is 7.09. The third kappa shape index (κ3) is 5.83. The Labute approximate surface area is 170 Å². The van der Waals surface area contributed by atoms with Crippen molar-refractivity contribution in [2.45, 2.75) is 49.1 Å². The van der Waals surface area contributed by atoms with Crippen LogP contribution in [0.5, 0.6) is 5.75 Å². The number of aryl methyl sites for hydroxylation is 2. The van der Waals surface area contributed by atoms with Crippen LogP contribution in [0.1, 0.15) is 30.5 Å². The van der Waals surface area contributed by atoms with Gasteiger partial charge in [-0.15, -0.1) is 0 Å². The van der Waals surface area contributed by atoms with Crippen LogP contribution in [0.2, 0.25) is 0 Å². The molecule has 2 unspecified atom stereocenters. The fourth-order valence-electron chi connectivity index (χ4n) is 2.27. The van der Waals surface area contributed by atoms with Crippen LogP contribution in [0.15, 0.2) is 52.3 Å². The van der Waals surface area contributed by atoms with E-state index in [1.54, 1.807) is 26.0 Å². The fraction of sp³-hybridized carbons (Fsp3) is 0.300. The second-order valence-corrected chi connectivity index (χ2v) is 9.32. The molecule has 2 aromatic rings. The van der Waals surface area contributed by atoms with Gasteiger partial charge in [0, 0.05) is 28.1 Å². The van der Waals surface area contributed by atoms with E-state index in [0.29, 0.717) is 16.9 Å². The maximum atomic E-state index is 11.6. The van der Waals surface area contributed by atoms with E-state index in [2.05, 4.69) is 0 Å². The Morgan fingerprint density at radius 2 is 1.82 bits per heavy atom. The Hall–Kier alpha value is -1.84. The lowest BCUT2D eigenvalue weighted by Gasteiger charge is -2.25. The molecule has 2 aromatic carbocycles. The lowest BCUT2D eigenvalue weighted by molar-refractivity contribution is 0.482. The molecule has 0 aliphatic carbocycles. The van der Waals surface area contributed by atoms with Gasteiger partial charge < -0.3 is 15.7 Å². The molecule has 0 amide bonds. The average molecular weight is 423 g/mol. The van der Waals surface area contributed by atoms with E-state index in [-0.39, 0.29) is 10.9 Å². The summed E-state index contributed by atoms with van der Waals surface area (Å²) in [4.78, 5) is 0.624. The molecule has 0 saturated heterocycles. The molecule has 0 aliphatic heterocycles. The predicted molar refractivity (Wildman–Crippen MR) is 114 cm³/mol. The van der Waals surface area contributed by atoms with E-state index in [9.17, 15) is 13.0 Å². The third-order valence-electron chi connectivity index (χ3n) is 4.46. The molecule has 0 saturated carbocycles. The summed E-state index contributed by atoms with van der Waals surface area (Å²) in [5, 5.41) is 0. The first kappa shape index (κ1) is 22.4. The van der Waals surface area contributed by atoms with Crippen LogP contribution in [-0.2, 0) is 10.1 Å². The lowest BCUT2D eigenvalue weighted by atomic mass is 9.93.